The van der Waals surface area contributed by atoms with E-state index in [9.17, 15) is 13.6 Å². The smallest absolute Gasteiger partial charge is 0.337 e. The number of hydrogen-bond acceptors (Lipinski definition) is 5. The van der Waals surface area contributed by atoms with Crippen LogP contribution in [0.5, 0.6) is 5.75 Å². The number of halogens is 1. The lowest BCUT2D eigenvalue weighted by Crippen LogP contribution is -2.21. The third-order valence-electron chi connectivity index (χ3n) is 2.88. The molecule has 0 radical (unpaired) electrons. The molecule has 7 nitrogen and oxygen atoms in total. The Hall–Kier alpha value is -1.97. The molecule has 23 heavy (non-hydrogen) atoms. The Kier molecular flexibility index (Phi) is 5.69. The van der Waals surface area contributed by atoms with Crippen molar-refractivity contribution in [3.05, 3.63) is 46.6 Å². The number of anilines is 2. The number of pyridine rings is 1. The minimum atomic E-state index is -2.39. The predicted molar refractivity (Wildman–Crippen MR) is 89.2 cm³/mol. The van der Waals surface area contributed by atoms with Gasteiger partial charge in [0.15, 0.2) is 0 Å². The van der Waals surface area contributed by atoms with E-state index >= 15 is 0 Å². The van der Waals surface area contributed by atoms with Crippen molar-refractivity contribution in [1.29, 1.82) is 0 Å². The van der Waals surface area contributed by atoms with Gasteiger partial charge in [0.1, 0.15) is 21.9 Å². The third kappa shape index (κ3) is 3.87. The Morgan fingerprint density at radius 2 is 2.04 bits per heavy atom. The molecule has 1 aromatic heterocycles. The quantitative estimate of drug-likeness (QED) is 0.471. The maximum Gasteiger partial charge on any atom is 0.337 e. The molecular weight excluding hydrogens is 388 g/mol. The molecule has 1 aromatic carbocycles. The largest absolute Gasteiger partial charge is 0.495 e. The molecule has 1 unspecified atom stereocenters. The van der Waals surface area contributed by atoms with E-state index in [1.54, 1.807) is 18.2 Å². The molecule has 2 aromatic rings. The van der Waals surface area contributed by atoms with Crippen LogP contribution in [0.4, 0.5) is 11.5 Å². The Labute approximate surface area is 143 Å². The summed E-state index contributed by atoms with van der Waals surface area (Å²) >= 11 is 0.826. The highest BCUT2D eigenvalue weighted by molar-refractivity contribution is 9.10. The molecule has 1 N–H and O–H groups in total. The van der Waals surface area contributed by atoms with Crippen LogP contribution in [0.25, 0.3) is 0 Å². The maximum absolute atomic E-state index is 11.8. The van der Waals surface area contributed by atoms with Gasteiger partial charge in [0.05, 0.1) is 19.8 Å². The molecule has 0 saturated carbocycles. The van der Waals surface area contributed by atoms with Gasteiger partial charge in [0, 0.05) is 0 Å². The van der Waals surface area contributed by atoms with Crippen LogP contribution < -0.4 is 9.04 Å². The van der Waals surface area contributed by atoms with Crippen LogP contribution in [-0.2, 0) is 16.0 Å². The maximum atomic E-state index is 11.8. The highest BCUT2D eigenvalue weighted by Crippen LogP contribution is 2.35. The molecule has 1 heterocycles. The van der Waals surface area contributed by atoms with Crippen LogP contribution in [0.1, 0.15) is 10.4 Å². The topological polar surface area (TPSA) is 89.0 Å². The number of benzene rings is 1. The fourth-order valence-corrected chi connectivity index (χ4v) is 2.80. The van der Waals surface area contributed by atoms with Crippen molar-refractivity contribution in [2.75, 3.05) is 18.5 Å². The van der Waals surface area contributed by atoms with Gasteiger partial charge in [-0.05, 0) is 46.3 Å². The van der Waals surface area contributed by atoms with E-state index in [0.29, 0.717) is 4.60 Å². The van der Waals surface area contributed by atoms with Gasteiger partial charge in [0.2, 0.25) is 0 Å². The van der Waals surface area contributed by atoms with Crippen molar-refractivity contribution in [2.24, 2.45) is 0 Å². The second-order valence-electron chi connectivity index (χ2n) is 4.22. The van der Waals surface area contributed by atoms with E-state index in [-0.39, 0.29) is 22.8 Å². The number of hydrogen-bond donors (Lipinski definition) is 1. The van der Waals surface area contributed by atoms with Crippen molar-refractivity contribution in [3.8, 4) is 5.75 Å². The number of rotatable bonds is 5. The Morgan fingerprint density at radius 1 is 1.30 bits per heavy atom. The van der Waals surface area contributed by atoms with Gasteiger partial charge >= 0.3 is 5.97 Å². The molecule has 0 saturated heterocycles. The lowest BCUT2D eigenvalue weighted by atomic mass is 10.2. The highest BCUT2D eigenvalue weighted by Gasteiger charge is 2.22. The normalized spacial score (nSPS) is 11.7. The number of nitrogens with zero attached hydrogens (tertiary/aromatic N) is 2. The molecule has 0 bridgehead atoms. The standard InChI is InChI=1S/C14H13BrN2O5S/c1-21-11-8-9(14(18)22-2)6-7-10(11)17(23(19)20)13-5-3-4-12(15)16-13/h3-8H,1-2H3,(H,19,20). The number of ether oxygens (including phenoxy) is 2. The third-order valence-corrected chi connectivity index (χ3v) is 4.02. The molecule has 0 spiro atoms. The zero-order valence-corrected chi connectivity index (χ0v) is 14.6. The first-order valence-electron chi connectivity index (χ1n) is 6.28. The summed E-state index contributed by atoms with van der Waals surface area (Å²) in [4.78, 5) is 15.8. The van der Waals surface area contributed by atoms with E-state index in [1.807, 2.05) is 0 Å². The van der Waals surface area contributed by atoms with Crippen molar-refractivity contribution in [1.82, 2.24) is 4.98 Å². The molecule has 9 heteroatoms. The number of methoxy groups -OCH3 is 2. The number of aromatic nitrogens is 1. The molecule has 122 valence electrons. The first-order chi connectivity index (χ1) is 11.0. The van der Waals surface area contributed by atoms with Gasteiger partial charge in [0.25, 0.3) is 11.3 Å². The summed E-state index contributed by atoms with van der Waals surface area (Å²) in [5, 5.41) is 0. The number of carbonyl (C=O) groups excluding carboxylic acids is 1. The number of esters is 1. The first kappa shape index (κ1) is 17.4. The molecule has 2 rings (SSSR count). The van der Waals surface area contributed by atoms with Crippen molar-refractivity contribution < 1.29 is 23.0 Å². The van der Waals surface area contributed by atoms with E-state index in [1.165, 1.54) is 32.4 Å². The van der Waals surface area contributed by atoms with Crippen LogP contribution in [0, 0.1) is 0 Å². The van der Waals surface area contributed by atoms with Crippen LogP contribution in [0.15, 0.2) is 41.0 Å². The van der Waals surface area contributed by atoms with Gasteiger partial charge in [-0.2, -0.15) is 0 Å². The SMILES string of the molecule is COC(=O)c1ccc(N(c2cccc(Br)n2)S(=O)O)c(OC)c1. The van der Waals surface area contributed by atoms with Crippen LogP contribution in [0.3, 0.4) is 0 Å². The van der Waals surface area contributed by atoms with E-state index in [0.717, 1.165) is 4.31 Å². The lowest BCUT2D eigenvalue weighted by molar-refractivity contribution is 0.0600. The Balaban J connectivity index is 2.56. The highest BCUT2D eigenvalue weighted by atomic mass is 79.9. The Morgan fingerprint density at radius 3 is 2.61 bits per heavy atom. The summed E-state index contributed by atoms with van der Waals surface area (Å²) in [7, 11) is 2.66. The molecular formula is C14H13BrN2O5S. The zero-order valence-electron chi connectivity index (χ0n) is 12.2. The van der Waals surface area contributed by atoms with Crippen LogP contribution >= 0.6 is 15.9 Å². The summed E-state index contributed by atoms with van der Waals surface area (Å²) in [5.74, 6) is -0.0616. The average molecular weight is 401 g/mol. The van der Waals surface area contributed by atoms with Gasteiger partial charge in [-0.25, -0.2) is 18.3 Å². The molecule has 0 aliphatic rings. The fourth-order valence-electron chi connectivity index (χ4n) is 1.89. The summed E-state index contributed by atoms with van der Waals surface area (Å²) < 4.78 is 32.9. The predicted octanol–water partition coefficient (Wildman–Crippen LogP) is 2.91. The summed E-state index contributed by atoms with van der Waals surface area (Å²) in [6.07, 6.45) is 0. The van der Waals surface area contributed by atoms with E-state index < -0.39 is 17.2 Å². The molecule has 1 atom stereocenters. The second kappa shape index (κ2) is 7.53. The molecule has 0 fully saturated rings. The van der Waals surface area contributed by atoms with Gasteiger partial charge in [-0.3, -0.25) is 4.55 Å². The lowest BCUT2D eigenvalue weighted by Gasteiger charge is -2.21. The zero-order chi connectivity index (χ0) is 17.0. The van der Waals surface area contributed by atoms with Crippen molar-refractivity contribution in [2.45, 2.75) is 0 Å². The number of carbonyl (C=O) groups is 1. The minimum Gasteiger partial charge on any atom is -0.495 e. The van der Waals surface area contributed by atoms with Crippen molar-refractivity contribution >= 4 is 44.7 Å². The summed E-state index contributed by atoms with van der Waals surface area (Å²) in [6, 6.07) is 9.34. The molecule has 0 aliphatic carbocycles. The fraction of sp³-hybridized carbons (Fsp3) is 0.143. The van der Waals surface area contributed by atoms with E-state index in [2.05, 4.69) is 25.7 Å². The summed E-state index contributed by atoms with van der Waals surface area (Å²) in [5.41, 5.74) is 0.547. The molecule has 0 aliphatic heterocycles. The van der Waals surface area contributed by atoms with E-state index in [4.69, 9.17) is 4.74 Å². The Bertz CT molecular complexity index is 756. The van der Waals surface area contributed by atoms with Gasteiger partial charge in [-0.1, -0.05) is 6.07 Å². The second-order valence-corrected chi connectivity index (χ2v) is 5.86. The first-order valence-corrected chi connectivity index (χ1v) is 8.13. The van der Waals surface area contributed by atoms with Gasteiger partial charge in [-0.15, -0.1) is 0 Å². The average Bonchev–Trinajstić information content (AvgIpc) is 2.54. The molecule has 0 amide bonds. The van der Waals surface area contributed by atoms with Crippen LogP contribution in [0.2, 0.25) is 0 Å². The minimum absolute atomic E-state index is 0.233. The van der Waals surface area contributed by atoms with Crippen molar-refractivity contribution in [3.63, 3.8) is 0 Å². The monoisotopic (exact) mass is 400 g/mol. The summed E-state index contributed by atoms with van der Waals surface area (Å²) in [6.45, 7) is 0. The van der Waals surface area contributed by atoms with Gasteiger partial charge < -0.3 is 9.47 Å². The van der Waals surface area contributed by atoms with Crippen LogP contribution in [-0.4, -0.2) is 33.9 Å².